The topological polar surface area (TPSA) is 111 Å². The van der Waals surface area contributed by atoms with Crippen molar-refractivity contribution in [1.82, 2.24) is 15.5 Å². The molecule has 0 radical (unpaired) electrons. The Morgan fingerprint density at radius 1 is 1.09 bits per heavy atom. The van der Waals surface area contributed by atoms with E-state index in [0.717, 1.165) is 5.56 Å². The second-order valence-corrected chi connectivity index (χ2v) is 10.5. The molecule has 0 aliphatic heterocycles. The van der Waals surface area contributed by atoms with Crippen LogP contribution in [0.5, 0.6) is 0 Å². The highest BCUT2D eigenvalue weighted by molar-refractivity contribution is 7.90. The molecule has 0 aliphatic rings. The fourth-order valence-electron chi connectivity index (χ4n) is 2.89. The molecule has 3 rings (SSSR count). The predicted molar refractivity (Wildman–Crippen MR) is 119 cm³/mol. The molecule has 32 heavy (non-hydrogen) atoms. The number of amides is 1. The third-order valence-corrected chi connectivity index (χ3v) is 5.85. The zero-order valence-electron chi connectivity index (χ0n) is 17.9. The molecule has 0 bridgehead atoms. The van der Waals surface area contributed by atoms with Gasteiger partial charge in [-0.15, -0.1) is 5.10 Å². The Labute approximate surface area is 191 Å². The van der Waals surface area contributed by atoms with E-state index in [9.17, 15) is 13.2 Å². The molecule has 0 spiro atoms. The molecular weight excluding hydrogens is 454 g/mol. The van der Waals surface area contributed by atoms with E-state index in [1.54, 1.807) is 45.0 Å². The van der Waals surface area contributed by atoms with E-state index in [1.807, 2.05) is 30.3 Å². The molecule has 0 aliphatic carbocycles. The van der Waals surface area contributed by atoms with Gasteiger partial charge in [0.2, 0.25) is 15.7 Å². The molecule has 1 heterocycles. The number of carbonyl (C=O) groups is 1. The lowest BCUT2D eigenvalue weighted by molar-refractivity contribution is 0.0494. The molecular formula is C22H24ClN3O5S. The Hall–Kier alpha value is -2.91. The fraction of sp³-hybridized carbons (Fsp3) is 0.318. The highest BCUT2D eigenvalue weighted by Crippen LogP contribution is 2.23. The van der Waals surface area contributed by atoms with Crippen molar-refractivity contribution in [2.24, 2.45) is 0 Å². The molecule has 1 amide bonds. The first-order valence-corrected chi connectivity index (χ1v) is 11.9. The summed E-state index contributed by atoms with van der Waals surface area (Å²) in [4.78, 5) is 12.4. The van der Waals surface area contributed by atoms with Crippen LogP contribution < -0.4 is 5.32 Å². The van der Waals surface area contributed by atoms with Crippen LogP contribution in [-0.4, -0.2) is 30.3 Å². The van der Waals surface area contributed by atoms with Crippen LogP contribution >= 0.6 is 11.6 Å². The van der Waals surface area contributed by atoms with Crippen LogP contribution in [0.2, 0.25) is 5.02 Å². The molecule has 0 saturated heterocycles. The van der Waals surface area contributed by atoms with E-state index in [2.05, 4.69) is 15.5 Å². The number of hydrogen-bond acceptors (Lipinski definition) is 7. The fourth-order valence-corrected chi connectivity index (χ4v) is 4.23. The van der Waals surface area contributed by atoms with E-state index in [1.165, 1.54) is 0 Å². The largest absolute Gasteiger partial charge is 0.444 e. The molecule has 8 nitrogen and oxygen atoms in total. The van der Waals surface area contributed by atoms with Crippen molar-refractivity contribution in [3.63, 3.8) is 0 Å². The number of benzene rings is 2. The van der Waals surface area contributed by atoms with Gasteiger partial charge in [-0.1, -0.05) is 59.2 Å². The molecule has 1 aromatic heterocycles. The zero-order chi connectivity index (χ0) is 23.4. The van der Waals surface area contributed by atoms with Crippen molar-refractivity contribution in [3.8, 4) is 0 Å². The summed E-state index contributed by atoms with van der Waals surface area (Å²) in [6.07, 6.45) is -0.379. The average Bonchev–Trinajstić information content (AvgIpc) is 3.18. The monoisotopic (exact) mass is 477 g/mol. The Balaban J connectivity index is 1.84. The van der Waals surface area contributed by atoms with Crippen LogP contribution in [0.1, 0.15) is 43.8 Å². The quantitative estimate of drug-likeness (QED) is 0.533. The third kappa shape index (κ3) is 6.80. The highest BCUT2D eigenvalue weighted by Gasteiger charge is 2.28. The lowest BCUT2D eigenvalue weighted by Crippen LogP contribution is -2.36. The summed E-state index contributed by atoms with van der Waals surface area (Å²) in [5.74, 6) is -0.387. The minimum absolute atomic E-state index is 0.0376. The van der Waals surface area contributed by atoms with E-state index in [4.69, 9.17) is 20.8 Å². The Morgan fingerprint density at radius 3 is 2.44 bits per heavy atom. The summed E-state index contributed by atoms with van der Waals surface area (Å²) in [5.41, 5.74) is 0.668. The molecule has 1 atom stereocenters. The van der Waals surface area contributed by atoms with Crippen molar-refractivity contribution in [2.75, 3.05) is 0 Å². The summed E-state index contributed by atoms with van der Waals surface area (Å²) in [6.45, 7) is 5.23. The van der Waals surface area contributed by atoms with Gasteiger partial charge in [-0.05, 0) is 44.0 Å². The van der Waals surface area contributed by atoms with Crippen molar-refractivity contribution in [3.05, 3.63) is 76.6 Å². The lowest BCUT2D eigenvalue weighted by atomic mass is 10.1. The number of alkyl carbamates (subject to hydrolysis) is 1. The zero-order valence-corrected chi connectivity index (χ0v) is 19.5. The van der Waals surface area contributed by atoms with Gasteiger partial charge >= 0.3 is 11.3 Å². The van der Waals surface area contributed by atoms with E-state index in [-0.39, 0.29) is 11.6 Å². The Kier molecular flexibility index (Phi) is 7.20. The van der Waals surface area contributed by atoms with Crippen LogP contribution in [0.15, 0.2) is 64.2 Å². The summed E-state index contributed by atoms with van der Waals surface area (Å²) < 4.78 is 36.4. The first-order chi connectivity index (χ1) is 15.0. The van der Waals surface area contributed by atoms with E-state index in [0.29, 0.717) is 17.0 Å². The maximum Gasteiger partial charge on any atom is 0.408 e. The molecule has 3 aromatic rings. The van der Waals surface area contributed by atoms with Crippen LogP contribution in [0.4, 0.5) is 4.79 Å². The molecule has 0 saturated carbocycles. The number of nitrogens with zero attached hydrogens (tertiary/aromatic N) is 2. The normalized spacial score (nSPS) is 12.9. The van der Waals surface area contributed by atoms with E-state index >= 15 is 0 Å². The molecule has 170 valence electrons. The lowest BCUT2D eigenvalue weighted by Gasteiger charge is -2.22. The maximum absolute atomic E-state index is 12.8. The first kappa shape index (κ1) is 23.7. The summed E-state index contributed by atoms with van der Waals surface area (Å²) in [6, 6.07) is 15.0. The molecule has 10 heteroatoms. The highest BCUT2D eigenvalue weighted by atomic mass is 35.5. The van der Waals surface area contributed by atoms with Crippen molar-refractivity contribution in [1.29, 1.82) is 0 Å². The standard InChI is InChI=1S/C22H24ClN3O5S/c1-22(2,3)31-20(27)24-18(13-15-8-5-4-6-9-15)19-25-26-21(30-19)32(28,29)14-16-10-7-11-17(23)12-16/h4-12,18H,13-14H2,1-3H3,(H,24,27)/t18-/m0/s1. The van der Waals surface area contributed by atoms with Gasteiger partial charge in [-0.25, -0.2) is 13.2 Å². The summed E-state index contributed by atoms with van der Waals surface area (Å²) in [5, 5.41) is 10.2. The molecule has 0 fully saturated rings. The predicted octanol–water partition coefficient (Wildman–Crippen LogP) is 4.51. The van der Waals surface area contributed by atoms with Crippen LogP contribution in [0.3, 0.4) is 0 Å². The Bertz CT molecular complexity index is 1170. The SMILES string of the molecule is CC(C)(C)OC(=O)N[C@@H](Cc1ccccc1)c1nnc(S(=O)(=O)Cc2cccc(Cl)c2)o1. The minimum Gasteiger partial charge on any atom is -0.444 e. The van der Waals surface area contributed by atoms with Crippen LogP contribution in [-0.2, 0) is 26.7 Å². The third-order valence-electron chi connectivity index (χ3n) is 4.21. The number of hydrogen-bond donors (Lipinski definition) is 1. The number of rotatable bonds is 7. The van der Waals surface area contributed by atoms with Crippen molar-refractivity contribution in [2.45, 2.75) is 49.8 Å². The number of ether oxygens (including phenoxy) is 1. The van der Waals surface area contributed by atoms with Crippen molar-refractivity contribution >= 4 is 27.5 Å². The van der Waals surface area contributed by atoms with Gasteiger partial charge in [-0.3, -0.25) is 0 Å². The van der Waals surface area contributed by atoms with Gasteiger partial charge < -0.3 is 14.5 Å². The van der Waals surface area contributed by atoms with Crippen LogP contribution in [0, 0.1) is 0 Å². The van der Waals surface area contributed by atoms with Gasteiger partial charge in [0.05, 0.1) is 5.75 Å². The number of halogens is 1. The molecule has 2 aromatic carbocycles. The van der Waals surface area contributed by atoms with E-state index < -0.39 is 32.8 Å². The number of aromatic nitrogens is 2. The number of carbonyl (C=O) groups excluding carboxylic acids is 1. The number of nitrogens with one attached hydrogen (secondary N) is 1. The molecule has 0 unspecified atom stereocenters. The van der Waals surface area contributed by atoms with Gasteiger partial charge in [0.25, 0.3) is 0 Å². The Morgan fingerprint density at radius 2 is 1.78 bits per heavy atom. The van der Waals surface area contributed by atoms with Crippen molar-refractivity contribution < 1.29 is 22.4 Å². The second kappa shape index (κ2) is 9.70. The van der Waals surface area contributed by atoms with Gasteiger partial charge in [0.1, 0.15) is 11.6 Å². The number of sulfone groups is 1. The molecule has 1 N–H and O–H groups in total. The van der Waals surface area contributed by atoms with Gasteiger partial charge in [0, 0.05) is 11.4 Å². The van der Waals surface area contributed by atoms with Crippen LogP contribution in [0.25, 0.3) is 0 Å². The summed E-state index contributed by atoms with van der Waals surface area (Å²) >= 11 is 5.94. The average molecular weight is 478 g/mol. The minimum atomic E-state index is -3.92. The smallest absolute Gasteiger partial charge is 0.408 e. The van der Waals surface area contributed by atoms with Gasteiger partial charge in [-0.2, -0.15) is 0 Å². The summed E-state index contributed by atoms with van der Waals surface area (Å²) in [7, 11) is -3.92. The van der Waals surface area contributed by atoms with Gasteiger partial charge in [0.15, 0.2) is 0 Å². The maximum atomic E-state index is 12.8. The second-order valence-electron chi connectivity index (χ2n) is 8.18. The first-order valence-electron chi connectivity index (χ1n) is 9.86.